The average molecular weight is 443 g/mol. The molecule has 0 radical (unpaired) electrons. The third-order valence-electron chi connectivity index (χ3n) is 5.45. The zero-order valence-corrected chi connectivity index (χ0v) is 17.8. The smallest absolute Gasteiger partial charge is 0.255 e. The molecule has 2 saturated heterocycles. The van der Waals surface area contributed by atoms with Crippen molar-refractivity contribution >= 4 is 47.5 Å². The summed E-state index contributed by atoms with van der Waals surface area (Å²) < 4.78 is 13.4. The first-order chi connectivity index (χ1) is 13.0. The van der Waals surface area contributed by atoms with Crippen molar-refractivity contribution in [3.63, 3.8) is 0 Å². The molecule has 6 nitrogen and oxygen atoms in total. The Morgan fingerprint density at radius 2 is 2.03 bits per heavy atom. The van der Waals surface area contributed by atoms with Crippen LogP contribution < -0.4 is 5.32 Å². The van der Waals surface area contributed by atoms with E-state index < -0.39 is 0 Å². The lowest BCUT2D eigenvalue weighted by molar-refractivity contribution is -0.135. The molecule has 0 aliphatic carbocycles. The lowest BCUT2D eigenvalue weighted by atomic mass is 10.0. The van der Waals surface area contributed by atoms with Gasteiger partial charge in [-0.1, -0.05) is 0 Å². The van der Waals surface area contributed by atoms with Gasteiger partial charge >= 0.3 is 0 Å². The van der Waals surface area contributed by atoms with Gasteiger partial charge in [-0.15, -0.1) is 24.8 Å². The number of piperidine rings is 1. The highest BCUT2D eigenvalue weighted by Gasteiger charge is 2.32. The molecule has 2 fully saturated rings. The normalized spacial score (nSPS) is 19.5. The summed E-state index contributed by atoms with van der Waals surface area (Å²) in [6.07, 6.45) is 1.79. The maximum Gasteiger partial charge on any atom is 0.255 e. The van der Waals surface area contributed by atoms with Gasteiger partial charge in [-0.05, 0) is 38.0 Å². The van der Waals surface area contributed by atoms with Crippen LogP contribution in [-0.2, 0) is 4.79 Å². The monoisotopic (exact) mass is 442 g/mol. The zero-order valence-electron chi connectivity index (χ0n) is 16.2. The van der Waals surface area contributed by atoms with Gasteiger partial charge in [0.15, 0.2) is 0 Å². The van der Waals surface area contributed by atoms with Gasteiger partial charge in [-0.2, -0.15) is 0 Å². The van der Waals surface area contributed by atoms with Crippen molar-refractivity contribution in [2.75, 3.05) is 32.7 Å². The van der Waals surface area contributed by atoms with Crippen LogP contribution in [0.1, 0.15) is 28.9 Å². The van der Waals surface area contributed by atoms with Crippen LogP contribution in [0.25, 0.3) is 10.9 Å². The van der Waals surface area contributed by atoms with Crippen LogP contribution in [0.5, 0.6) is 0 Å². The molecular weight excluding hydrogens is 418 g/mol. The number of halogens is 3. The molecule has 9 heteroatoms. The second kappa shape index (κ2) is 9.69. The van der Waals surface area contributed by atoms with Crippen LogP contribution >= 0.6 is 24.8 Å². The molecule has 0 spiro atoms. The fourth-order valence-corrected chi connectivity index (χ4v) is 4.02. The number of rotatable bonds is 2. The summed E-state index contributed by atoms with van der Waals surface area (Å²) in [5, 5.41) is 3.83. The summed E-state index contributed by atoms with van der Waals surface area (Å²) in [5.74, 6) is -0.308. The Balaban J connectivity index is 0.00000150. The van der Waals surface area contributed by atoms with E-state index in [1.807, 2.05) is 9.80 Å². The Morgan fingerprint density at radius 1 is 1.24 bits per heavy atom. The molecule has 1 aromatic heterocycles. The van der Waals surface area contributed by atoms with E-state index in [4.69, 9.17) is 0 Å². The van der Waals surface area contributed by atoms with Gasteiger partial charge in [0, 0.05) is 43.7 Å². The minimum Gasteiger partial charge on any atom is -0.337 e. The Kier molecular flexibility index (Phi) is 7.80. The number of carbonyl (C=O) groups excluding carboxylic acids is 2. The van der Waals surface area contributed by atoms with Crippen molar-refractivity contribution in [3.05, 3.63) is 41.3 Å². The highest BCUT2D eigenvalue weighted by atomic mass is 35.5. The minimum atomic E-state index is -0.340. The number of fused-ring (bicyclic) bond motifs is 1. The van der Waals surface area contributed by atoms with E-state index in [1.54, 1.807) is 19.1 Å². The number of amides is 2. The molecule has 0 bridgehead atoms. The van der Waals surface area contributed by atoms with Gasteiger partial charge in [0.05, 0.1) is 23.3 Å². The molecule has 2 aliphatic heterocycles. The van der Waals surface area contributed by atoms with Crippen molar-refractivity contribution in [1.82, 2.24) is 20.1 Å². The molecule has 3 heterocycles. The van der Waals surface area contributed by atoms with E-state index in [2.05, 4.69) is 10.3 Å². The van der Waals surface area contributed by atoms with Crippen LogP contribution in [0.2, 0.25) is 0 Å². The molecule has 2 amide bonds. The Hall–Kier alpha value is -1.96. The Morgan fingerprint density at radius 3 is 2.79 bits per heavy atom. The molecule has 2 aromatic rings. The van der Waals surface area contributed by atoms with Gasteiger partial charge in [0.2, 0.25) is 5.91 Å². The van der Waals surface area contributed by atoms with E-state index in [0.717, 1.165) is 24.8 Å². The third kappa shape index (κ3) is 4.79. The first-order valence-electron chi connectivity index (χ1n) is 9.39. The first kappa shape index (κ1) is 23.3. The maximum atomic E-state index is 13.4. The topological polar surface area (TPSA) is 65.5 Å². The minimum absolute atomic E-state index is 0. The number of nitrogens with one attached hydrogen (secondary N) is 1. The summed E-state index contributed by atoms with van der Waals surface area (Å²) in [4.78, 5) is 33.5. The zero-order chi connectivity index (χ0) is 19.0. The van der Waals surface area contributed by atoms with Gasteiger partial charge in [-0.3, -0.25) is 14.6 Å². The summed E-state index contributed by atoms with van der Waals surface area (Å²) in [6.45, 7) is 4.85. The number of hydrogen-bond acceptors (Lipinski definition) is 4. The number of piperazine rings is 1. The lowest BCUT2D eigenvalue weighted by Crippen LogP contribution is -2.57. The molecule has 2 aliphatic rings. The van der Waals surface area contributed by atoms with Crippen LogP contribution in [-0.4, -0.2) is 65.4 Å². The fraction of sp³-hybridized carbons (Fsp3) is 0.450. The number of nitrogens with zero attached hydrogens (tertiary/aromatic N) is 3. The van der Waals surface area contributed by atoms with Crippen molar-refractivity contribution in [2.45, 2.75) is 25.8 Å². The SMILES string of the molecule is Cc1nc2cc(F)ccc2cc1C(=O)N1CCCC(N2CCNCC2=O)C1.Cl.Cl. The van der Waals surface area contributed by atoms with Crippen molar-refractivity contribution in [2.24, 2.45) is 0 Å². The Labute approximate surface area is 181 Å². The van der Waals surface area contributed by atoms with Gasteiger partial charge in [0.1, 0.15) is 5.82 Å². The number of likely N-dealkylation sites (tertiary alicyclic amines) is 1. The largest absolute Gasteiger partial charge is 0.337 e. The molecular formula is C20H25Cl2FN4O2. The number of pyridine rings is 1. The Bertz CT molecular complexity index is 911. The van der Waals surface area contributed by atoms with E-state index >= 15 is 0 Å². The van der Waals surface area contributed by atoms with Crippen LogP contribution in [0.15, 0.2) is 24.3 Å². The van der Waals surface area contributed by atoms with Crippen LogP contribution in [0, 0.1) is 12.7 Å². The molecule has 0 saturated carbocycles. The van der Waals surface area contributed by atoms with E-state index in [9.17, 15) is 14.0 Å². The summed E-state index contributed by atoms with van der Waals surface area (Å²) >= 11 is 0. The molecule has 1 aromatic carbocycles. The molecule has 1 atom stereocenters. The third-order valence-corrected chi connectivity index (χ3v) is 5.45. The molecule has 29 heavy (non-hydrogen) atoms. The van der Waals surface area contributed by atoms with Gasteiger partial charge < -0.3 is 15.1 Å². The molecule has 1 unspecified atom stereocenters. The maximum absolute atomic E-state index is 13.4. The predicted octanol–water partition coefficient (Wildman–Crippen LogP) is 2.56. The lowest BCUT2D eigenvalue weighted by Gasteiger charge is -2.41. The van der Waals surface area contributed by atoms with Crippen molar-refractivity contribution in [1.29, 1.82) is 0 Å². The highest BCUT2D eigenvalue weighted by Crippen LogP contribution is 2.22. The second-order valence-electron chi connectivity index (χ2n) is 7.27. The fourth-order valence-electron chi connectivity index (χ4n) is 4.02. The number of hydrogen-bond donors (Lipinski definition) is 1. The highest BCUT2D eigenvalue weighted by molar-refractivity contribution is 5.98. The van der Waals surface area contributed by atoms with Gasteiger partial charge in [0.25, 0.3) is 5.91 Å². The van der Waals surface area contributed by atoms with Crippen LogP contribution in [0.3, 0.4) is 0 Å². The molecule has 4 rings (SSSR count). The van der Waals surface area contributed by atoms with E-state index in [0.29, 0.717) is 43.0 Å². The van der Waals surface area contributed by atoms with Gasteiger partial charge in [-0.25, -0.2) is 4.39 Å². The summed E-state index contributed by atoms with van der Waals surface area (Å²) in [5.41, 5.74) is 1.69. The average Bonchev–Trinajstić information content (AvgIpc) is 2.67. The van der Waals surface area contributed by atoms with Crippen molar-refractivity contribution in [3.8, 4) is 0 Å². The molecule has 158 valence electrons. The summed E-state index contributed by atoms with van der Waals surface area (Å²) in [7, 11) is 0. The summed E-state index contributed by atoms with van der Waals surface area (Å²) in [6, 6.07) is 6.26. The number of benzene rings is 1. The second-order valence-corrected chi connectivity index (χ2v) is 7.27. The number of carbonyl (C=O) groups is 2. The molecule has 1 N–H and O–H groups in total. The quantitative estimate of drug-likeness (QED) is 0.775. The first-order valence-corrected chi connectivity index (χ1v) is 9.39. The van der Waals surface area contributed by atoms with E-state index in [1.165, 1.54) is 12.1 Å². The predicted molar refractivity (Wildman–Crippen MR) is 114 cm³/mol. The van der Waals surface area contributed by atoms with E-state index in [-0.39, 0.29) is 48.5 Å². The number of aryl methyl sites for hydroxylation is 1. The van der Waals surface area contributed by atoms with Crippen molar-refractivity contribution < 1.29 is 14.0 Å². The van der Waals surface area contributed by atoms with Crippen LogP contribution in [0.4, 0.5) is 4.39 Å². The standard InChI is InChI=1S/C20H23FN4O2.2ClH/c1-13-17(9-14-4-5-15(21)10-18(14)23-13)20(27)24-7-2-3-16(12-24)25-8-6-22-11-19(25)26;;/h4-5,9-10,16,22H,2-3,6-8,11-12H2,1H3;2*1H. The number of aromatic nitrogens is 1.